The zero-order valence-electron chi connectivity index (χ0n) is 27.8. The summed E-state index contributed by atoms with van der Waals surface area (Å²) in [6.07, 6.45) is -1.53. The van der Waals surface area contributed by atoms with E-state index in [0.717, 1.165) is 24.8 Å². The van der Waals surface area contributed by atoms with Crippen LogP contribution in [0.25, 0.3) is 0 Å². The van der Waals surface area contributed by atoms with E-state index in [1.165, 1.54) is 36.4 Å². The Hall–Kier alpha value is -3.61. The molecule has 0 aliphatic rings. The standard InChI is InChI=1S/C38H47F3O4/c1-9-25-36(8,11-3)27-17-19-29(20-18-27)37(38(39,40)41,28-15-13-12-14-16-28)30-21-23-31(24-22-30)44-33(43)34(4,5)26-32(42)45-35(6,7)10-2/h12-24H,9-11,25-26H2,1-8H3. The summed E-state index contributed by atoms with van der Waals surface area (Å²) in [7, 11) is 0. The van der Waals surface area contributed by atoms with E-state index in [4.69, 9.17) is 9.47 Å². The van der Waals surface area contributed by atoms with Crippen molar-refractivity contribution in [2.45, 2.75) is 110 Å². The van der Waals surface area contributed by atoms with E-state index in [1.54, 1.807) is 58.0 Å². The van der Waals surface area contributed by atoms with Crippen molar-refractivity contribution in [3.63, 3.8) is 0 Å². The van der Waals surface area contributed by atoms with Crippen molar-refractivity contribution in [1.82, 2.24) is 0 Å². The fraction of sp³-hybridized carbons (Fsp3) is 0.474. The second kappa shape index (κ2) is 13.8. The van der Waals surface area contributed by atoms with Crippen LogP contribution in [0.1, 0.15) is 110 Å². The molecule has 0 heterocycles. The number of hydrogen-bond donors (Lipinski definition) is 0. The van der Waals surface area contributed by atoms with Gasteiger partial charge in [0.25, 0.3) is 0 Å². The van der Waals surface area contributed by atoms with Crippen molar-refractivity contribution in [3.8, 4) is 5.75 Å². The molecule has 7 heteroatoms. The molecule has 0 aliphatic heterocycles. The highest BCUT2D eigenvalue weighted by Gasteiger charge is 2.58. The Morgan fingerprint density at radius 2 is 1.16 bits per heavy atom. The Kier molecular flexibility index (Phi) is 11.0. The van der Waals surface area contributed by atoms with Crippen LogP contribution in [0, 0.1) is 5.41 Å². The Morgan fingerprint density at radius 3 is 1.62 bits per heavy atom. The minimum Gasteiger partial charge on any atom is -0.460 e. The van der Waals surface area contributed by atoms with Crippen LogP contribution < -0.4 is 4.74 Å². The van der Waals surface area contributed by atoms with Gasteiger partial charge >= 0.3 is 18.1 Å². The van der Waals surface area contributed by atoms with E-state index in [2.05, 4.69) is 20.8 Å². The normalized spacial score (nSPS) is 15.1. The highest BCUT2D eigenvalue weighted by molar-refractivity contribution is 5.84. The molecule has 0 radical (unpaired) electrons. The summed E-state index contributed by atoms with van der Waals surface area (Å²) < 4.78 is 57.7. The maximum atomic E-state index is 15.6. The average molecular weight is 625 g/mol. The summed E-state index contributed by atoms with van der Waals surface area (Å²) in [4.78, 5) is 25.6. The van der Waals surface area contributed by atoms with Gasteiger partial charge in [0.2, 0.25) is 0 Å². The van der Waals surface area contributed by atoms with Crippen molar-refractivity contribution >= 4 is 11.9 Å². The predicted octanol–water partition coefficient (Wildman–Crippen LogP) is 10.1. The molecule has 0 fully saturated rings. The monoisotopic (exact) mass is 624 g/mol. The zero-order chi connectivity index (χ0) is 33.7. The zero-order valence-corrected chi connectivity index (χ0v) is 27.8. The summed E-state index contributed by atoms with van der Waals surface area (Å²) in [6, 6.07) is 20.2. The predicted molar refractivity (Wildman–Crippen MR) is 172 cm³/mol. The minimum absolute atomic E-state index is 0.00908. The molecule has 0 N–H and O–H groups in total. The van der Waals surface area contributed by atoms with Gasteiger partial charge in [0.15, 0.2) is 0 Å². The highest BCUT2D eigenvalue weighted by Crippen LogP contribution is 2.51. The molecule has 244 valence electrons. The molecule has 0 saturated heterocycles. The molecule has 2 atom stereocenters. The lowest BCUT2D eigenvalue weighted by atomic mass is 9.68. The molecule has 0 aromatic heterocycles. The van der Waals surface area contributed by atoms with Crippen LogP contribution in [0.2, 0.25) is 0 Å². The average Bonchev–Trinajstić information content (AvgIpc) is 2.98. The molecule has 0 spiro atoms. The third kappa shape index (κ3) is 7.79. The lowest BCUT2D eigenvalue weighted by Gasteiger charge is -2.38. The van der Waals surface area contributed by atoms with Crippen LogP contribution in [0.15, 0.2) is 78.9 Å². The van der Waals surface area contributed by atoms with Crippen LogP contribution in [-0.2, 0) is 25.2 Å². The lowest BCUT2D eigenvalue weighted by Crippen LogP contribution is -2.44. The minimum atomic E-state index is -4.71. The topological polar surface area (TPSA) is 52.6 Å². The van der Waals surface area contributed by atoms with Crippen molar-refractivity contribution in [1.29, 1.82) is 0 Å². The number of benzene rings is 3. The van der Waals surface area contributed by atoms with Crippen LogP contribution in [0.3, 0.4) is 0 Å². The number of carbonyl (C=O) groups excluding carboxylic acids is 2. The van der Waals surface area contributed by atoms with E-state index >= 15 is 13.2 Å². The van der Waals surface area contributed by atoms with Gasteiger partial charge in [-0.2, -0.15) is 13.2 Å². The van der Waals surface area contributed by atoms with Crippen molar-refractivity contribution in [2.24, 2.45) is 5.41 Å². The van der Waals surface area contributed by atoms with E-state index in [-0.39, 0.29) is 34.3 Å². The molecular weight excluding hydrogens is 577 g/mol. The Bertz CT molecular complexity index is 1430. The Balaban J connectivity index is 2.02. The molecule has 0 bridgehead atoms. The Morgan fingerprint density at radius 1 is 0.667 bits per heavy atom. The molecule has 0 saturated carbocycles. The highest BCUT2D eigenvalue weighted by atomic mass is 19.4. The number of alkyl halides is 3. The van der Waals surface area contributed by atoms with Crippen LogP contribution in [-0.4, -0.2) is 23.7 Å². The van der Waals surface area contributed by atoms with E-state index in [9.17, 15) is 9.59 Å². The summed E-state index contributed by atoms with van der Waals surface area (Å²) in [5.41, 5.74) is -3.32. The summed E-state index contributed by atoms with van der Waals surface area (Å²) >= 11 is 0. The molecular formula is C38H47F3O4. The first kappa shape index (κ1) is 35.9. The molecule has 45 heavy (non-hydrogen) atoms. The second-order valence-corrected chi connectivity index (χ2v) is 13.4. The smallest absolute Gasteiger partial charge is 0.406 e. The van der Waals surface area contributed by atoms with Gasteiger partial charge < -0.3 is 9.47 Å². The third-order valence-electron chi connectivity index (χ3n) is 9.11. The lowest BCUT2D eigenvalue weighted by molar-refractivity contribution is -0.166. The fourth-order valence-corrected chi connectivity index (χ4v) is 5.75. The third-order valence-corrected chi connectivity index (χ3v) is 9.11. The first-order valence-electron chi connectivity index (χ1n) is 15.7. The maximum Gasteiger partial charge on any atom is 0.406 e. The molecule has 4 nitrogen and oxygen atoms in total. The van der Waals surface area contributed by atoms with Gasteiger partial charge in [-0.15, -0.1) is 0 Å². The van der Waals surface area contributed by atoms with Gasteiger partial charge in [0.1, 0.15) is 16.8 Å². The van der Waals surface area contributed by atoms with Crippen LogP contribution in [0.5, 0.6) is 5.75 Å². The van der Waals surface area contributed by atoms with E-state index < -0.39 is 34.5 Å². The number of rotatable bonds is 13. The van der Waals surface area contributed by atoms with Crippen molar-refractivity contribution in [2.75, 3.05) is 0 Å². The first-order valence-corrected chi connectivity index (χ1v) is 15.7. The fourth-order valence-electron chi connectivity index (χ4n) is 5.75. The number of halogens is 3. The van der Waals surface area contributed by atoms with E-state index in [0.29, 0.717) is 6.42 Å². The van der Waals surface area contributed by atoms with Gasteiger partial charge in [0.05, 0.1) is 11.8 Å². The molecule has 2 unspecified atom stereocenters. The number of carbonyl (C=O) groups is 2. The molecule has 3 aromatic carbocycles. The van der Waals surface area contributed by atoms with Crippen molar-refractivity contribution < 1.29 is 32.2 Å². The number of hydrogen-bond acceptors (Lipinski definition) is 4. The summed E-state index contributed by atoms with van der Waals surface area (Å²) in [5, 5.41) is 0. The van der Waals surface area contributed by atoms with Gasteiger partial charge in [-0.25, -0.2) is 0 Å². The van der Waals surface area contributed by atoms with Crippen LogP contribution >= 0.6 is 0 Å². The van der Waals surface area contributed by atoms with Gasteiger partial charge in [0, 0.05) is 0 Å². The SMILES string of the molecule is CCCC(C)(CC)c1ccc(C(c2ccccc2)(c2ccc(OC(=O)C(C)(C)CC(=O)OC(C)(C)CC)cc2)C(F)(F)F)cc1. The summed E-state index contributed by atoms with van der Waals surface area (Å²) in [6.45, 7) is 15.0. The molecule has 3 rings (SSSR count). The second-order valence-electron chi connectivity index (χ2n) is 13.4. The van der Waals surface area contributed by atoms with E-state index in [1.807, 2.05) is 19.1 Å². The van der Waals surface area contributed by atoms with Crippen molar-refractivity contribution in [3.05, 3.63) is 101 Å². The largest absolute Gasteiger partial charge is 0.460 e. The van der Waals surface area contributed by atoms with Gasteiger partial charge in [-0.3, -0.25) is 9.59 Å². The number of esters is 2. The van der Waals surface area contributed by atoms with Gasteiger partial charge in [-0.05, 0) is 86.8 Å². The quantitative estimate of drug-likeness (QED) is 0.108. The van der Waals surface area contributed by atoms with Crippen LogP contribution in [0.4, 0.5) is 13.2 Å². The molecule has 3 aromatic rings. The first-order chi connectivity index (χ1) is 21.0. The summed E-state index contributed by atoms with van der Waals surface area (Å²) in [5.74, 6) is -1.14. The molecule has 0 aliphatic carbocycles. The number of ether oxygens (including phenoxy) is 2. The van der Waals surface area contributed by atoms with Gasteiger partial charge in [-0.1, -0.05) is 101 Å². The maximum absolute atomic E-state index is 15.6. The Labute approximate surface area is 266 Å². The molecule has 0 amide bonds.